The molecule has 3 N–H and O–H groups in total. The predicted octanol–water partition coefficient (Wildman–Crippen LogP) is 3.49. The number of phenolic OH excluding ortho intramolecular Hbond substituents is 1. The number of rotatable bonds is 8. The molecular weight excluding hydrogens is 470 g/mol. The average molecular weight is 506 g/mol. The number of hydrogen-bond acceptors (Lipinski definition) is 7. The highest BCUT2D eigenvalue weighted by Gasteiger charge is 2.57. The maximum absolute atomic E-state index is 13.4. The molecule has 1 saturated carbocycles. The molecule has 4 atom stereocenters. The van der Waals surface area contributed by atoms with Crippen molar-refractivity contribution in [2.45, 2.75) is 57.3 Å². The van der Waals surface area contributed by atoms with Gasteiger partial charge in [-0.05, 0) is 54.4 Å². The van der Waals surface area contributed by atoms with Gasteiger partial charge in [-0.15, -0.1) is 0 Å². The number of hydrazone groups is 1. The quantitative estimate of drug-likeness (QED) is 0.213. The fourth-order valence-electron chi connectivity index (χ4n) is 4.73. The number of nitrogens with zero attached hydrogens (tertiary/aromatic N) is 1. The van der Waals surface area contributed by atoms with Gasteiger partial charge >= 0.3 is 11.9 Å². The molecule has 1 aromatic rings. The van der Waals surface area contributed by atoms with Crippen LogP contribution in [-0.4, -0.2) is 56.2 Å². The van der Waals surface area contributed by atoms with E-state index >= 15 is 0 Å². The third kappa shape index (κ3) is 5.78. The van der Waals surface area contributed by atoms with Gasteiger partial charge in [0.2, 0.25) is 0 Å². The molecule has 4 rings (SSSR count). The van der Waals surface area contributed by atoms with Crippen LogP contribution in [0.1, 0.15) is 42.7 Å². The first-order valence-electron chi connectivity index (χ1n) is 11.8. The normalized spacial score (nSPS) is 24.3. The molecular formula is C24H35N3O5SSi. The molecule has 0 aromatic heterocycles. The van der Waals surface area contributed by atoms with Gasteiger partial charge in [0.1, 0.15) is 5.75 Å². The maximum Gasteiger partial charge on any atom is 0.310 e. The highest BCUT2D eigenvalue weighted by atomic mass is 32.1. The zero-order valence-corrected chi connectivity index (χ0v) is 22.3. The van der Waals surface area contributed by atoms with Crippen LogP contribution in [0.15, 0.2) is 23.3 Å². The van der Waals surface area contributed by atoms with Crippen molar-refractivity contribution in [2.24, 2.45) is 16.9 Å². The van der Waals surface area contributed by atoms with Crippen LogP contribution in [0.4, 0.5) is 0 Å². The van der Waals surface area contributed by atoms with Crippen LogP contribution in [0, 0.1) is 11.8 Å². The van der Waals surface area contributed by atoms with Crippen LogP contribution in [0.3, 0.4) is 0 Å². The molecule has 0 amide bonds. The Morgan fingerprint density at radius 3 is 2.47 bits per heavy atom. The van der Waals surface area contributed by atoms with E-state index in [1.54, 1.807) is 19.2 Å². The van der Waals surface area contributed by atoms with Crippen molar-refractivity contribution in [2.75, 3.05) is 20.3 Å². The number of carbonyl (C=O) groups excluding carboxylic acids is 2. The fraction of sp³-hybridized carbons (Fsp3) is 0.583. The number of nitrogens with one attached hydrogen (secondary N) is 2. The average Bonchev–Trinajstić information content (AvgIpc) is 2.79. The second-order valence-electron chi connectivity index (χ2n) is 10.1. The molecule has 0 heterocycles. The number of phenols is 1. The first-order chi connectivity index (χ1) is 16.1. The van der Waals surface area contributed by atoms with Crippen LogP contribution in [0.25, 0.3) is 0 Å². The van der Waals surface area contributed by atoms with Crippen molar-refractivity contribution < 1.29 is 24.2 Å². The van der Waals surface area contributed by atoms with Gasteiger partial charge in [0.25, 0.3) is 0 Å². The Morgan fingerprint density at radius 1 is 1.15 bits per heavy atom. The second kappa shape index (κ2) is 10.9. The summed E-state index contributed by atoms with van der Waals surface area (Å²) in [6.07, 6.45) is 1.15. The smallest absolute Gasteiger partial charge is 0.310 e. The lowest BCUT2D eigenvalue weighted by molar-refractivity contribution is -0.163. The molecule has 0 saturated heterocycles. The van der Waals surface area contributed by atoms with E-state index in [0.29, 0.717) is 30.3 Å². The number of benzene rings is 1. The Hall–Kier alpha value is -2.46. The minimum atomic E-state index is -1.39. The molecule has 2 unspecified atom stereocenters. The van der Waals surface area contributed by atoms with Crippen molar-refractivity contribution >= 4 is 43.1 Å². The standard InChI is InChI=1S/C24H35N3O5SSi/c1-6-9-31-23(30)21-19-16-12-14(28)7-8-15(16)17(13-18(19)26-27-24(33)25-2)20(21)22(29)32-10-11-34(3,4)5/h7-8,12,17,19-21,28H,6,9-11,13H2,1-5H3,(H2,25,27,33)/b26-18+/t17?,19-,20?,21-/m1/s1. The molecule has 8 nitrogen and oxygen atoms in total. The van der Waals surface area contributed by atoms with Gasteiger partial charge in [-0.3, -0.25) is 15.0 Å². The van der Waals surface area contributed by atoms with Gasteiger partial charge in [-0.1, -0.05) is 32.6 Å². The third-order valence-electron chi connectivity index (χ3n) is 6.39. The third-order valence-corrected chi connectivity index (χ3v) is 8.39. The van der Waals surface area contributed by atoms with E-state index in [1.807, 2.05) is 13.0 Å². The van der Waals surface area contributed by atoms with E-state index in [1.165, 1.54) is 0 Å². The minimum absolute atomic E-state index is 0.0966. The number of ether oxygens (including phenoxy) is 2. The zero-order valence-electron chi connectivity index (χ0n) is 20.5. The molecule has 0 spiro atoms. The van der Waals surface area contributed by atoms with Crippen LogP contribution in [0.2, 0.25) is 25.7 Å². The van der Waals surface area contributed by atoms with E-state index in [2.05, 4.69) is 35.5 Å². The van der Waals surface area contributed by atoms with Crippen LogP contribution in [0.5, 0.6) is 5.75 Å². The molecule has 3 aliphatic rings. The summed E-state index contributed by atoms with van der Waals surface area (Å²) in [7, 11) is 0.299. The van der Waals surface area contributed by atoms with Gasteiger partial charge < -0.3 is 19.9 Å². The van der Waals surface area contributed by atoms with Gasteiger partial charge in [0, 0.05) is 32.7 Å². The van der Waals surface area contributed by atoms with Crippen LogP contribution < -0.4 is 10.7 Å². The summed E-state index contributed by atoms with van der Waals surface area (Å²) in [5.74, 6) is -3.03. The summed E-state index contributed by atoms with van der Waals surface area (Å²) in [6.45, 7) is 9.21. The molecule has 34 heavy (non-hydrogen) atoms. The monoisotopic (exact) mass is 505 g/mol. The molecule has 186 valence electrons. The predicted molar refractivity (Wildman–Crippen MR) is 138 cm³/mol. The zero-order chi connectivity index (χ0) is 25.0. The summed E-state index contributed by atoms with van der Waals surface area (Å²) >= 11 is 5.16. The second-order valence-corrected chi connectivity index (χ2v) is 16.1. The Balaban J connectivity index is 2.02. The molecule has 3 aliphatic carbocycles. The van der Waals surface area contributed by atoms with Gasteiger partial charge in [0.05, 0.1) is 25.0 Å². The molecule has 0 aliphatic heterocycles. The first-order valence-corrected chi connectivity index (χ1v) is 15.9. The van der Waals surface area contributed by atoms with E-state index in [0.717, 1.165) is 17.2 Å². The largest absolute Gasteiger partial charge is 0.508 e. The molecule has 1 fully saturated rings. The Labute approximate surface area is 207 Å². The molecule has 0 radical (unpaired) electrons. The number of hydrogen-bond donors (Lipinski definition) is 3. The summed E-state index contributed by atoms with van der Waals surface area (Å²) in [5, 5.41) is 17.9. The van der Waals surface area contributed by atoms with Gasteiger partial charge in [0.15, 0.2) is 5.11 Å². The van der Waals surface area contributed by atoms with E-state index in [4.69, 9.17) is 21.7 Å². The molecule has 10 heteroatoms. The highest BCUT2D eigenvalue weighted by Crippen LogP contribution is 2.55. The van der Waals surface area contributed by atoms with E-state index in [-0.39, 0.29) is 24.2 Å². The molecule has 2 bridgehead atoms. The lowest BCUT2D eigenvalue weighted by atomic mass is 9.55. The summed E-state index contributed by atoms with van der Waals surface area (Å²) < 4.78 is 11.3. The number of fused-ring (bicyclic) bond motifs is 2. The Kier molecular flexibility index (Phi) is 8.35. The van der Waals surface area contributed by atoms with Crippen molar-refractivity contribution in [3.8, 4) is 5.75 Å². The Bertz CT molecular complexity index is 978. The number of carbonyl (C=O) groups is 2. The lowest BCUT2D eigenvalue weighted by Crippen LogP contribution is -2.51. The van der Waals surface area contributed by atoms with Crippen molar-refractivity contribution in [1.29, 1.82) is 0 Å². The number of thiocarbonyl (C=S) groups is 1. The van der Waals surface area contributed by atoms with Crippen LogP contribution in [-0.2, 0) is 19.1 Å². The SMILES string of the molecule is CCCOC(=O)[C@H]1C(C(=O)OCC[Si](C)(C)C)C2C/C(=N\NC(=S)NC)[C@H]1c1cc(O)ccc12. The van der Waals surface area contributed by atoms with Gasteiger partial charge in [-0.2, -0.15) is 5.10 Å². The topological polar surface area (TPSA) is 109 Å². The number of aromatic hydroxyl groups is 1. The first kappa shape index (κ1) is 26.1. The van der Waals surface area contributed by atoms with E-state index in [9.17, 15) is 14.7 Å². The fourth-order valence-corrected chi connectivity index (χ4v) is 5.49. The van der Waals surface area contributed by atoms with Crippen molar-refractivity contribution in [3.05, 3.63) is 29.3 Å². The summed E-state index contributed by atoms with van der Waals surface area (Å²) in [6, 6.07) is 5.96. The summed E-state index contributed by atoms with van der Waals surface area (Å²) in [4.78, 5) is 26.7. The maximum atomic E-state index is 13.4. The molecule has 1 aromatic carbocycles. The van der Waals surface area contributed by atoms with Crippen LogP contribution >= 0.6 is 12.2 Å². The Morgan fingerprint density at radius 2 is 1.82 bits per heavy atom. The van der Waals surface area contributed by atoms with Gasteiger partial charge in [-0.25, -0.2) is 0 Å². The summed E-state index contributed by atoms with van der Waals surface area (Å²) in [5.41, 5.74) is 5.23. The van der Waals surface area contributed by atoms with E-state index < -0.39 is 31.8 Å². The van der Waals surface area contributed by atoms with Crippen molar-refractivity contribution in [3.63, 3.8) is 0 Å². The minimum Gasteiger partial charge on any atom is -0.508 e. The lowest BCUT2D eigenvalue weighted by Gasteiger charge is -2.47. The number of esters is 2. The highest BCUT2D eigenvalue weighted by molar-refractivity contribution is 7.80. The van der Waals surface area contributed by atoms with Crippen molar-refractivity contribution in [1.82, 2.24) is 10.7 Å².